The fraction of sp³-hybridized carbons (Fsp3) is 0.528. The molecule has 2 aromatic carbocycles. The Morgan fingerprint density at radius 1 is 1.02 bits per heavy atom. The largest absolute Gasteiger partial charge is 0.481 e. The van der Waals surface area contributed by atoms with E-state index >= 15 is 0 Å². The van der Waals surface area contributed by atoms with Gasteiger partial charge in [0.2, 0.25) is 12.2 Å². The molecule has 1 aliphatic carbocycles. The molecule has 3 atom stereocenters. The van der Waals surface area contributed by atoms with Crippen molar-refractivity contribution in [3.05, 3.63) is 63.8 Å². The van der Waals surface area contributed by atoms with Crippen LogP contribution in [0.15, 0.2) is 42.6 Å². The number of nitrogens with one attached hydrogen (secondary N) is 1. The number of amides is 1. The number of alkyl halides is 1. The van der Waals surface area contributed by atoms with E-state index in [1.54, 1.807) is 18.3 Å². The van der Waals surface area contributed by atoms with Crippen LogP contribution in [0.2, 0.25) is 10.0 Å². The number of benzene rings is 2. The van der Waals surface area contributed by atoms with Crippen molar-refractivity contribution in [1.29, 1.82) is 0 Å². The number of likely N-dealkylation sites (tertiary alicyclic amines) is 2. The minimum absolute atomic E-state index is 0.123. The van der Waals surface area contributed by atoms with Crippen molar-refractivity contribution in [2.45, 2.75) is 69.7 Å². The molecule has 6 rings (SSSR count). The maximum absolute atomic E-state index is 14.8. The molecule has 3 fully saturated rings. The van der Waals surface area contributed by atoms with E-state index in [2.05, 4.69) is 10.2 Å². The van der Waals surface area contributed by atoms with Crippen LogP contribution in [0.1, 0.15) is 60.9 Å². The lowest BCUT2D eigenvalue weighted by molar-refractivity contribution is -0.253. The summed E-state index contributed by atoms with van der Waals surface area (Å²) in [5, 5.41) is 13.7. The Kier molecular flexibility index (Phi) is 11.0. The number of rotatable bonds is 12. The molecule has 3 heterocycles. The molecule has 2 saturated heterocycles. The summed E-state index contributed by atoms with van der Waals surface area (Å²) >= 11 is 13.5. The van der Waals surface area contributed by atoms with E-state index in [4.69, 9.17) is 32.7 Å². The number of halogens is 3. The van der Waals surface area contributed by atoms with Crippen LogP contribution < -0.4 is 5.32 Å². The van der Waals surface area contributed by atoms with Crippen molar-refractivity contribution in [2.24, 2.45) is 18.9 Å². The van der Waals surface area contributed by atoms with Crippen molar-refractivity contribution >= 4 is 57.5 Å². The van der Waals surface area contributed by atoms with Gasteiger partial charge in [-0.1, -0.05) is 41.4 Å². The van der Waals surface area contributed by atoms with Crippen LogP contribution in [0.25, 0.3) is 10.9 Å². The van der Waals surface area contributed by atoms with Gasteiger partial charge in [-0.25, -0.2) is 4.39 Å². The first kappa shape index (κ1) is 35.8. The number of carbonyl (C=O) groups excluding carboxylic acids is 2. The molecule has 0 bridgehead atoms. The van der Waals surface area contributed by atoms with Crippen LogP contribution in [0, 0.1) is 11.8 Å². The molecule has 3 aliphatic rings. The topological polar surface area (TPSA) is 113 Å². The van der Waals surface area contributed by atoms with E-state index in [-0.39, 0.29) is 40.8 Å². The van der Waals surface area contributed by atoms with Gasteiger partial charge in [0, 0.05) is 74.8 Å². The van der Waals surface area contributed by atoms with Gasteiger partial charge < -0.3 is 24.5 Å². The Hall–Kier alpha value is -3.06. The number of methoxy groups -OCH3 is 1. The van der Waals surface area contributed by atoms with Crippen molar-refractivity contribution in [3.63, 3.8) is 0 Å². The first-order chi connectivity index (χ1) is 23.5. The summed E-state index contributed by atoms with van der Waals surface area (Å²) in [6.07, 6.45) is 3.96. The second kappa shape index (κ2) is 15.0. The molecular weight excluding hydrogens is 674 g/mol. The number of fused-ring (bicyclic) bond motifs is 1. The number of carboxylic acid groups (broad SMARTS) is 1. The van der Waals surface area contributed by atoms with Gasteiger partial charge in [0.05, 0.1) is 28.3 Å². The number of carbonyl (C=O) groups is 3. The van der Waals surface area contributed by atoms with Gasteiger partial charge in [0.1, 0.15) is 0 Å². The summed E-state index contributed by atoms with van der Waals surface area (Å²) in [6.45, 7) is 1.92. The first-order valence-electron chi connectivity index (χ1n) is 17.0. The number of para-hydroxylation sites is 1. The predicted octanol–water partition coefficient (Wildman–Crippen LogP) is 6.52. The first-order valence-corrected chi connectivity index (χ1v) is 17.7. The number of hydrogen-bond donors (Lipinski definition) is 2. The van der Waals surface area contributed by atoms with E-state index in [1.165, 1.54) is 7.11 Å². The molecule has 0 spiro atoms. The number of aromatic nitrogens is 1. The van der Waals surface area contributed by atoms with Crippen LogP contribution in [0.5, 0.6) is 0 Å². The minimum Gasteiger partial charge on any atom is -0.481 e. The molecule has 1 aromatic heterocycles. The zero-order valence-corrected chi connectivity index (χ0v) is 29.3. The van der Waals surface area contributed by atoms with Gasteiger partial charge in [-0.2, -0.15) is 0 Å². The highest BCUT2D eigenvalue weighted by Crippen LogP contribution is 2.40. The molecule has 2 aliphatic heterocycles. The highest BCUT2D eigenvalue weighted by atomic mass is 35.5. The lowest BCUT2D eigenvalue weighted by Gasteiger charge is -2.48. The van der Waals surface area contributed by atoms with E-state index in [0.717, 1.165) is 23.7 Å². The molecule has 264 valence electrons. The lowest BCUT2D eigenvalue weighted by atomic mass is 9.87. The lowest BCUT2D eigenvalue weighted by Crippen LogP contribution is -2.67. The van der Waals surface area contributed by atoms with Gasteiger partial charge in [0.25, 0.3) is 5.91 Å². The van der Waals surface area contributed by atoms with Crippen LogP contribution in [-0.2, 0) is 32.5 Å². The Labute approximate surface area is 295 Å². The smallest absolute Gasteiger partial charge is 0.306 e. The summed E-state index contributed by atoms with van der Waals surface area (Å²) in [6, 6.07) is 10.8. The second-order valence-electron chi connectivity index (χ2n) is 13.5. The fourth-order valence-corrected chi connectivity index (χ4v) is 8.20. The minimum atomic E-state index is -1.50. The summed E-state index contributed by atoms with van der Waals surface area (Å²) in [4.78, 5) is 43.9. The van der Waals surface area contributed by atoms with Crippen LogP contribution in [0.4, 0.5) is 10.1 Å². The third kappa shape index (κ3) is 7.25. The summed E-state index contributed by atoms with van der Waals surface area (Å²) in [5.74, 6) is -3.80. The summed E-state index contributed by atoms with van der Waals surface area (Å²) in [7, 11) is 3.21. The fourth-order valence-electron chi connectivity index (χ4n) is 7.74. The third-order valence-corrected chi connectivity index (χ3v) is 11.0. The van der Waals surface area contributed by atoms with Crippen LogP contribution in [-0.4, -0.2) is 88.7 Å². The average Bonchev–Trinajstić information content (AvgIpc) is 3.88. The zero-order valence-electron chi connectivity index (χ0n) is 27.8. The number of carboxylic acids is 1. The normalized spacial score (nSPS) is 23.8. The SMILES string of the molecule is COC(F)C1CCN(C(O[C@H]2CC[C@H](C(=O)O)CC2)(C(=O)Cc2cc(Cl)c(NC(=O)c3cn(C)c4ccccc34)cc2Cl)N2CCCC2)C1. The number of aryl methyl sites for hydroxylation is 1. The molecule has 13 heteroatoms. The molecule has 1 amide bonds. The Morgan fingerprint density at radius 3 is 2.43 bits per heavy atom. The zero-order chi connectivity index (χ0) is 34.9. The van der Waals surface area contributed by atoms with Crippen molar-refractivity contribution < 1.29 is 33.4 Å². The third-order valence-electron chi connectivity index (χ3n) is 10.4. The van der Waals surface area contributed by atoms with Crippen LogP contribution in [0.3, 0.4) is 0 Å². The highest BCUT2D eigenvalue weighted by Gasteiger charge is 2.55. The van der Waals surface area contributed by atoms with Crippen LogP contribution >= 0.6 is 23.2 Å². The van der Waals surface area contributed by atoms with Crippen molar-refractivity contribution in [1.82, 2.24) is 14.4 Å². The number of anilines is 1. The summed E-state index contributed by atoms with van der Waals surface area (Å²) in [5.41, 5.74) is 2.19. The molecule has 10 nitrogen and oxygen atoms in total. The molecule has 2 N–H and O–H groups in total. The quantitative estimate of drug-likeness (QED) is 0.218. The van der Waals surface area contributed by atoms with Gasteiger partial charge in [0.15, 0.2) is 5.78 Å². The van der Waals surface area contributed by atoms with E-state index in [9.17, 15) is 23.9 Å². The maximum atomic E-state index is 14.8. The van der Waals surface area contributed by atoms with Crippen molar-refractivity contribution in [3.8, 4) is 0 Å². The van der Waals surface area contributed by atoms with Gasteiger partial charge in [-0.05, 0) is 68.7 Å². The molecule has 49 heavy (non-hydrogen) atoms. The molecular formula is C36H43Cl2FN4O6. The number of ether oxygens (including phenoxy) is 2. The maximum Gasteiger partial charge on any atom is 0.306 e. The van der Waals surface area contributed by atoms with E-state index < -0.39 is 30.0 Å². The number of aliphatic carboxylic acids is 1. The second-order valence-corrected chi connectivity index (χ2v) is 14.3. The number of Topliss-reactive ketones (excluding diaryl/α,β-unsaturated/α-hetero) is 1. The average molecular weight is 718 g/mol. The Morgan fingerprint density at radius 2 is 1.73 bits per heavy atom. The predicted molar refractivity (Wildman–Crippen MR) is 186 cm³/mol. The van der Waals surface area contributed by atoms with Gasteiger partial charge >= 0.3 is 5.97 Å². The van der Waals surface area contributed by atoms with Gasteiger partial charge in [-0.15, -0.1) is 0 Å². The monoisotopic (exact) mass is 716 g/mol. The summed E-state index contributed by atoms with van der Waals surface area (Å²) < 4.78 is 28.6. The molecule has 1 saturated carbocycles. The molecule has 3 unspecified atom stereocenters. The van der Waals surface area contributed by atoms with E-state index in [1.807, 2.05) is 40.8 Å². The van der Waals surface area contributed by atoms with E-state index in [0.29, 0.717) is 68.6 Å². The number of nitrogens with zero attached hydrogens (tertiary/aromatic N) is 3. The highest BCUT2D eigenvalue weighted by molar-refractivity contribution is 6.36. The van der Waals surface area contributed by atoms with Crippen molar-refractivity contribution in [2.75, 3.05) is 38.6 Å². The number of ketones is 1. The van der Waals surface area contributed by atoms with Gasteiger partial charge in [-0.3, -0.25) is 24.2 Å². The Balaban J connectivity index is 1.28. The Bertz CT molecular complexity index is 1710. The molecule has 0 radical (unpaired) electrons. The standard InChI is InChI=1S/C36H43Cl2FN4O6/c1-41-21-27(26-7-3-4-8-31(26)41)34(45)40-30-19-28(37)24(17-29(30)38)18-32(44)36(42-14-5-6-15-42,43-16-13-23(20-43)33(39)48-2)49-25-11-9-22(10-12-25)35(46)47/h3-4,7-8,17,19,21-23,25,33H,5-6,9-16,18,20H2,1-2H3,(H,40,45)(H,46,47)/t22-,23?,25-,33?,36?. The molecule has 3 aromatic rings. The number of hydrogen-bond acceptors (Lipinski definition) is 7.